The van der Waals surface area contributed by atoms with E-state index in [2.05, 4.69) is 11.9 Å². The highest BCUT2D eigenvalue weighted by atomic mass is 32.2. The van der Waals surface area contributed by atoms with E-state index in [1.165, 1.54) is 29.8 Å². The van der Waals surface area contributed by atoms with Gasteiger partial charge in [-0.25, -0.2) is 9.78 Å². The molecule has 0 aromatic carbocycles. The minimum atomic E-state index is -0.399. The molecule has 1 aliphatic rings. The highest BCUT2D eigenvalue weighted by Gasteiger charge is 2.23. The van der Waals surface area contributed by atoms with Crippen molar-refractivity contribution < 1.29 is 4.79 Å². The number of hydrogen-bond acceptors (Lipinski definition) is 5. The van der Waals surface area contributed by atoms with E-state index in [0.29, 0.717) is 28.8 Å². The van der Waals surface area contributed by atoms with Crippen LogP contribution in [-0.2, 0) is 25.4 Å². The zero-order valence-corrected chi connectivity index (χ0v) is 17.2. The van der Waals surface area contributed by atoms with Crippen molar-refractivity contribution in [3.8, 4) is 0 Å². The number of amides is 1. The Hall–Kier alpha value is -2.03. The first kappa shape index (κ1) is 19.7. The van der Waals surface area contributed by atoms with Crippen LogP contribution in [0.5, 0.6) is 0 Å². The number of fused-ring (bicyclic) bond motifs is 1. The van der Waals surface area contributed by atoms with Crippen LogP contribution in [0.25, 0.3) is 11.2 Å². The molecule has 0 spiro atoms. The fourth-order valence-electron chi connectivity index (χ4n) is 3.60. The zero-order chi connectivity index (χ0) is 19.7. The Bertz CT molecular complexity index is 974. The molecule has 0 unspecified atom stereocenters. The van der Waals surface area contributed by atoms with Crippen LogP contribution >= 0.6 is 11.8 Å². The van der Waals surface area contributed by atoms with E-state index in [1.807, 2.05) is 16.4 Å². The zero-order valence-electron chi connectivity index (χ0n) is 16.4. The molecule has 3 rings (SSSR count). The topological polar surface area (TPSA) is 82.1 Å². The summed E-state index contributed by atoms with van der Waals surface area (Å²) < 4.78 is 4.33. The van der Waals surface area contributed by atoms with Crippen molar-refractivity contribution in [1.29, 1.82) is 0 Å². The number of rotatable bonds is 5. The van der Waals surface area contributed by atoms with Gasteiger partial charge in [-0.15, -0.1) is 0 Å². The van der Waals surface area contributed by atoms with Crippen molar-refractivity contribution in [2.45, 2.75) is 44.8 Å². The molecule has 1 fully saturated rings. The lowest BCUT2D eigenvalue weighted by atomic mass is 10.0. The standard InChI is InChI=1S/C18H27N5O3S/c1-5-8-23-14-15(20(3)18(26)21(4)16(14)25)19-17(23)27-11-13(24)22-9-6-7-12(2)10-22/h12H,5-11H2,1-4H3/t12-/m1/s1. The van der Waals surface area contributed by atoms with Gasteiger partial charge in [0.2, 0.25) is 5.91 Å². The van der Waals surface area contributed by atoms with Gasteiger partial charge in [0.25, 0.3) is 5.56 Å². The van der Waals surface area contributed by atoms with Crippen LogP contribution in [0.1, 0.15) is 33.1 Å². The van der Waals surface area contributed by atoms with E-state index in [9.17, 15) is 14.4 Å². The third kappa shape index (κ3) is 3.69. The van der Waals surface area contributed by atoms with Gasteiger partial charge in [0, 0.05) is 33.7 Å². The summed E-state index contributed by atoms with van der Waals surface area (Å²) in [7, 11) is 3.09. The maximum absolute atomic E-state index is 12.6. The van der Waals surface area contributed by atoms with Gasteiger partial charge < -0.3 is 9.47 Å². The maximum Gasteiger partial charge on any atom is 0.332 e. The second kappa shape index (κ2) is 7.92. The Labute approximate surface area is 162 Å². The molecule has 1 atom stereocenters. The molecule has 9 heteroatoms. The van der Waals surface area contributed by atoms with Crippen LogP contribution in [0.15, 0.2) is 14.7 Å². The Morgan fingerprint density at radius 3 is 2.67 bits per heavy atom. The van der Waals surface area contributed by atoms with Gasteiger partial charge in [-0.3, -0.25) is 18.7 Å². The van der Waals surface area contributed by atoms with Gasteiger partial charge in [-0.05, 0) is 25.2 Å². The molecule has 1 saturated heterocycles. The first-order valence-electron chi connectivity index (χ1n) is 9.42. The van der Waals surface area contributed by atoms with E-state index in [-0.39, 0.29) is 17.2 Å². The summed E-state index contributed by atoms with van der Waals surface area (Å²) in [4.78, 5) is 43.9. The van der Waals surface area contributed by atoms with Gasteiger partial charge in [0.1, 0.15) is 0 Å². The molecule has 1 aliphatic heterocycles. The number of carbonyl (C=O) groups is 1. The summed E-state index contributed by atoms with van der Waals surface area (Å²) in [5, 5.41) is 0.614. The summed E-state index contributed by atoms with van der Waals surface area (Å²) in [5.74, 6) is 0.923. The summed E-state index contributed by atoms with van der Waals surface area (Å²) in [6, 6.07) is 0. The average molecular weight is 394 g/mol. The Morgan fingerprint density at radius 1 is 1.26 bits per heavy atom. The number of aromatic nitrogens is 4. The van der Waals surface area contributed by atoms with E-state index in [4.69, 9.17) is 0 Å². The minimum absolute atomic E-state index is 0.100. The fraction of sp³-hybridized carbons (Fsp3) is 0.667. The number of imidazole rings is 1. The quantitative estimate of drug-likeness (QED) is 0.713. The van der Waals surface area contributed by atoms with Crippen LogP contribution < -0.4 is 11.2 Å². The Balaban J connectivity index is 1.92. The first-order valence-corrected chi connectivity index (χ1v) is 10.4. The molecule has 148 valence electrons. The largest absolute Gasteiger partial charge is 0.342 e. The summed E-state index contributed by atoms with van der Waals surface area (Å²) >= 11 is 1.34. The monoisotopic (exact) mass is 393 g/mol. The number of carbonyl (C=O) groups excluding carboxylic acids is 1. The molecule has 8 nitrogen and oxygen atoms in total. The highest BCUT2D eigenvalue weighted by molar-refractivity contribution is 7.99. The SMILES string of the molecule is CCCn1c(SCC(=O)N2CCC[C@@H](C)C2)nc2c1c(=O)n(C)c(=O)n2C. The maximum atomic E-state index is 12.6. The molecule has 0 saturated carbocycles. The van der Waals surface area contributed by atoms with E-state index < -0.39 is 5.69 Å². The van der Waals surface area contributed by atoms with Gasteiger partial charge in [0.15, 0.2) is 16.3 Å². The molecule has 2 aromatic heterocycles. The number of likely N-dealkylation sites (tertiary alicyclic amines) is 1. The molecule has 0 N–H and O–H groups in total. The third-order valence-electron chi connectivity index (χ3n) is 5.09. The Morgan fingerprint density at radius 2 is 2.00 bits per heavy atom. The summed E-state index contributed by atoms with van der Waals surface area (Å²) in [6.07, 6.45) is 3.03. The van der Waals surface area contributed by atoms with Crippen molar-refractivity contribution in [1.82, 2.24) is 23.6 Å². The van der Waals surface area contributed by atoms with Crippen molar-refractivity contribution in [3.63, 3.8) is 0 Å². The molecule has 0 radical (unpaired) electrons. The molecular formula is C18H27N5O3S. The van der Waals surface area contributed by atoms with E-state index in [1.54, 1.807) is 7.05 Å². The second-order valence-electron chi connectivity index (χ2n) is 7.30. The fourth-order valence-corrected chi connectivity index (χ4v) is 4.53. The van der Waals surface area contributed by atoms with Crippen molar-refractivity contribution in [3.05, 3.63) is 20.8 Å². The van der Waals surface area contributed by atoms with Gasteiger partial charge >= 0.3 is 5.69 Å². The van der Waals surface area contributed by atoms with Gasteiger partial charge in [-0.2, -0.15) is 0 Å². The van der Waals surface area contributed by atoms with Crippen LogP contribution in [0.3, 0.4) is 0 Å². The normalized spacial score (nSPS) is 17.6. The van der Waals surface area contributed by atoms with E-state index >= 15 is 0 Å². The van der Waals surface area contributed by atoms with Crippen LogP contribution in [-0.4, -0.2) is 48.3 Å². The molecule has 3 heterocycles. The molecule has 27 heavy (non-hydrogen) atoms. The Kier molecular flexibility index (Phi) is 5.78. The lowest BCUT2D eigenvalue weighted by molar-refractivity contribution is -0.130. The smallest absolute Gasteiger partial charge is 0.332 e. The van der Waals surface area contributed by atoms with Crippen molar-refractivity contribution >= 4 is 28.8 Å². The molecular weight excluding hydrogens is 366 g/mol. The van der Waals surface area contributed by atoms with Crippen molar-refractivity contribution in [2.75, 3.05) is 18.8 Å². The number of thioether (sulfide) groups is 1. The first-order chi connectivity index (χ1) is 12.8. The molecule has 2 aromatic rings. The predicted octanol–water partition coefficient (Wildman–Crippen LogP) is 1.19. The van der Waals surface area contributed by atoms with Gasteiger partial charge in [-0.1, -0.05) is 25.6 Å². The van der Waals surface area contributed by atoms with Gasteiger partial charge in [0.05, 0.1) is 5.75 Å². The minimum Gasteiger partial charge on any atom is -0.342 e. The van der Waals surface area contributed by atoms with Crippen LogP contribution in [0.2, 0.25) is 0 Å². The van der Waals surface area contributed by atoms with Crippen LogP contribution in [0.4, 0.5) is 0 Å². The predicted molar refractivity (Wildman–Crippen MR) is 106 cm³/mol. The third-order valence-corrected chi connectivity index (χ3v) is 6.06. The number of piperidine rings is 1. The lowest BCUT2D eigenvalue weighted by Gasteiger charge is -2.30. The highest BCUT2D eigenvalue weighted by Crippen LogP contribution is 2.23. The number of nitrogens with zero attached hydrogens (tertiary/aromatic N) is 5. The summed E-state index contributed by atoms with van der Waals surface area (Å²) in [5.41, 5.74) is 0.0433. The van der Waals surface area contributed by atoms with E-state index in [0.717, 1.165) is 30.5 Å². The molecule has 1 amide bonds. The lowest BCUT2D eigenvalue weighted by Crippen LogP contribution is -2.40. The summed E-state index contributed by atoms with van der Waals surface area (Å²) in [6.45, 7) is 6.42. The molecule has 0 bridgehead atoms. The van der Waals surface area contributed by atoms with Crippen molar-refractivity contribution in [2.24, 2.45) is 20.0 Å². The average Bonchev–Trinajstić information content (AvgIpc) is 3.01. The van der Waals surface area contributed by atoms with Crippen LogP contribution in [0, 0.1) is 5.92 Å². The second-order valence-corrected chi connectivity index (χ2v) is 8.24. The number of hydrogen-bond donors (Lipinski definition) is 0. The number of aryl methyl sites for hydroxylation is 2. The molecule has 0 aliphatic carbocycles.